The second-order valence-corrected chi connectivity index (χ2v) is 16.2. The Morgan fingerprint density at radius 3 is 1.43 bits per heavy atom. The van der Waals surface area contributed by atoms with Gasteiger partial charge in [-0.25, -0.2) is 9.78 Å². The zero-order valence-corrected chi connectivity index (χ0v) is 37.3. The van der Waals surface area contributed by atoms with Crippen LogP contribution in [-0.2, 0) is 59.2 Å². The summed E-state index contributed by atoms with van der Waals surface area (Å²) in [5.41, 5.74) is 5.83. The second kappa shape index (κ2) is 28.4. The van der Waals surface area contributed by atoms with Crippen molar-refractivity contribution in [3.63, 3.8) is 0 Å². The minimum atomic E-state index is -1.77. The molecule has 0 saturated carbocycles. The van der Waals surface area contributed by atoms with E-state index in [1.807, 2.05) is 0 Å². The summed E-state index contributed by atoms with van der Waals surface area (Å²) < 4.78 is 0. The maximum Gasteiger partial charge on any atom is 0.326 e. The molecule has 65 heavy (non-hydrogen) atoms. The fourth-order valence-electron chi connectivity index (χ4n) is 5.69. The summed E-state index contributed by atoms with van der Waals surface area (Å²) in [7, 11) is 0. The van der Waals surface area contributed by atoms with E-state index in [-0.39, 0.29) is 18.5 Å². The van der Waals surface area contributed by atoms with Gasteiger partial charge in [0, 0.05) is 37.6 Å². The van der Waals surface area contributed by atoms with E-state index in [0.717, 1.165) is 0 Å². The second-order valence-electron chi connectivity index (χ2n) is 15.2. The van der Waals surface area contributed by atoms with Gasteiger partial charge in [0.2, 0.25) is 41.4 Å². The number of aliphatic hydroxyl groups is 1. The first-order chi connectivity index (χ1) is 30.4. The first-order valence-corrected chi connectivity index (χ1v) is 21.7. The highest BCUT2D eigenvalue weighted by Crippen LogP contribution is 2.10. The molecule has 0 aliphatic heterocycles. The Bertz CT molecular complexity index is 1830. The largest absolute Gasteiger partial charge is 0.481 e. The number of hydrogen-bond donors (Lipinski definition) is 14. The summed E-state index contributed by atoms with van der Waals surface area (Å²) in [6.07, 6.45) is -1.17. The van der Waals surface area contributed by atoms with Gasteiger partial charge in [-0.1, -0.05) is 13.8 Å². The summed E-state index contributed by atoms with van der Waals surface area (Å²) >= 11 is 1.34. The van der Waals surface area contributed by atoms with Crippen molar-refractivity contribution in [3.8, 4) is 0 Å². The van der Waals surface area contributed by atoms with Gasteiger partial charge in [-0.05, 0) is 57.5 Å². The van der Waals surface area contributed by atoms with Gasteiger partial charge < -0.3 is 73.5 Å². The van der Waals surface area contributed by atoms with Crippen molar-refractivity contribution in [2.75, 3.05) is 12.0 Å². The molecule has 9 atom stereocenters. The van der Waals surface area contributed by atoms with E-state index < -0.39 is 164 Å². The monoisotopic (exact) mass is 944 g/mol. The lowest BCUT2D eigenvalue weighted by Gasteiger charge is -2.28. The molecule has 9 unspecified atom stereocenters. The van der Waals surface area contributed by atoms with Gasteiger partial charge in [0.15, 0.2) is 0 Å². The number of carbonyl (C=O) groups is 11. The van der Waals surface area contributed by atoms with E-state index in [2.05, 4.69) is 47.2 Å². The number of nitrogens with two attached hydrogens (primary N) is 1. The zero-order valence-electron chi connectivity index (χ0n) is 36.5. The Morgan fingerprint density at radius 1 is 0.600 bits per heavy atom. The van der Waals surface area contributed by atoms with Crippen LogP contribution in [0.5, 0.6) is 0 Å². The molecule has 7 amide bonds. The first-order valence-electron chi connectivity index (χ1n) is 20.3. The maximum absolute atomic E-state index is 14.0. The molecular weight excluding hydrogens is 885 g/mol. The molecule has 0 saturated heterocycles. The van der Waals surface area contributed by atoms with Crippen molar-refractivity contribution in [2.24, 2.45) is 11.7 Å². The summed E-state index contributed by atoms with van der Waals surface area (Å²) in [6.45, 7) is 5.51. The highest BCUT2D eigenvalue weighted by molar-refractivity contribution is 7.98. The van der Waals surface area contributed by atoms with E-state index in [9.17, 15) is 78.3 Å². The van der Waals surface area contributed by atoms with Crippen LogP contribution < -0.4 is 43.0 Å². The van der Waals surface area contributed by atoms with E-state index in [4.69, 9.17) is 5.73 Å². The van der Waals surface area contributed by atoms with E-state index in [1.165, 1.54) is 38.1 Å². The predicted molar refractivity (Wildman–Crippen MR) is 227 cm³/mol. The minimum absolute atomic E-state index is 0.0623. The number of rotatable bonds is 31. The Morgan fingerprint density at radius 2 is 1.03 bits per heavy atom. The molecule has 0 aromatic carbocycles. The minimum Gasteiger partial charge on any atom is -0.481 e. The number of H-pyrrole nitrogens is 1. The van der Waals surface area contributed by atoms with Gasteiger partial charge in [0.25, 0.3) is 0 Å². The Kier molecular flexibility index (Phi) is 24.8. The van der Waals surface area contributed by atoms with Crippen molar-refractivity contribution in [2.45, 2.75) is 134 Å². The van der Waals surface area contributed by atoms with Crippen LogP contribution in [0.1, 0.15) is 78.3 Å². The number of aliphatic carboxylic acids is 4. The smallest absolute Gasteiger partial charge is 0.326 e. The number of imidazole rings is 1. The maximum atomic E-state index is 14.0. The highest BCUT2D eigenvalue weighted by Gasteiger charge is 2.35. The summed E-state index contributed by atoms with van der Waals surface area (Å²) in [5.74, 6) is -13.1. The summed E-state index contributed by atoms with van der Waals surface area (Å²) in [6, 6.07) is -12.3. The summed E-state index contributed by atoms with van der Waals surface area (Å²) in [5, 5.41) is 63.7. The Hall–Kier alpha value is -6.35. The van der Waals surface area contributed by atoms with Crippen LogP contribution in [0.25, 0.3) is 0 Å². The number of carboxylic acids is 4. The molecule has 1 heterocycles. The van der Waals surface area contributed by atoms with Crippen molar-refractivity contribution >= 4 is 77.0 Å². The van der Waals surface area contributed by atoms with Crippen LogP contribution >= 0.6 is 11.8 Å². The standard InChI is InChI=1S/C38H60N10O16S/c1-17(2)30(37(62)46-24(38(63)64)12-13-65-5)48-34(59)23(8-11-28(54)55)45-35(60)25(14-20-15-40-16-41-20)47-33(58)22(7-10-27(52)53)44-32(57)21(6-9-26(50)51)43-31(56)18(3)42-36(61)29(39)19(4)49/h15-19,21-25,29-30,49H,6-14,39H2,1-5H3,(H,40,41)(H,42,61)(H,43,56)(H,44,57)(H,45,60)(H,46,62)(H,47,58)(H,48,59)(H,50,51)(H,52,53)(H,54,55)(H,63,64). The molecule has 364 valence electrons. The average Bonchev–Trinajstić information content (AvgIpc) is 3.74. The molecule has 1 rings (SSSR count). The van der Waals surface area contributed by atoms with Crippen LogP contribution in [0, 0.1) is 5.92 Å². The van der Waals surface area contributed by atoms with E-state index in [0.29, 0.717) is 5.75 Å². The van der Waals surface area contributed by atoms with Crippen molar-refractivity contribution in [1.29, 1.82) is 0 Å². The molecule has 1 aromatic heterocycles. The molecular formula is C38H60N10O16S. The van der Waals surface area contributed by atoms with Crippen LogP contribution in [0.4, 0.5) is 0 Å². The third-order valence-electron chi connectivity index (χ3n) is 9.50. The van der Waals surface area contributed by atoms with Crippen LogP contribution in [0.2, 0.25) is 0 Å². The van der Waals surface area contributed by atoms with E-state index >= 15 is 0 Å². The Labute approximate surface area is 377 Å². The molecule has 26 nitrogen and oxygen atoms in total. The quantitative estimate of drug-likeness (QED) is 0.0339. The topological polar surface area (TPSA) is 428 Å². The van der Waals surface area contributed by atoms with Crippen LogP contribution in [0.15, 0.2) is 12.5 Å². The number of carbonyl (C=O) groups excluding carboxylic acids is 7. The molecule has 0 fully saturated rings. The molecule has 0 aliphatic rings. The number of aromatic amines is 1. The third-order valence-corrected chi connectivity index (χ3v) is 10.1. The van der Waals surface area contributed by atoms with Crippen molar-refractivity contribution < 1.29 is 78.3 Å². The number of nitrogens with one attached hydrogen (secondary N) is 8. The SMILES string of the molecule is CSCCC(NC(=O)C(NC(=O)C(CCC(=O)O)NC(=O)C(Cc1cnc[nH]1)NC(=O)C(CCC(=O)O)NC(=O)C(CCC(=O)O)NC(=O)C(C)NC(=O)C(N)C(C)O)C(C)C)C(=O)O. The van der Waals surface area contributed by atoms with Gasteiger partial charge in [-0.15, -0.1) is 0 Å². The Balaban J connectivity index is 3.48. The molecule has 0 radical (unpaired) electrons. The molecule has 0 bridgehead atoms. The number of nitrogens with zero attached hydrogens (tertiary/aromatic N) is 1. The van der Waals surface area contributed by atoms with Gasteiger partial charge in [0.1, 0.15) is 48.3 Å². The fraction of sp³-hybridized carbons (Fsp3) is 0.632. The van der Waals surface area contributed by atoms with Gasteiger partial charge in [-0.3, -0.25) is 47.9 Å². The van der Waals surface area contributed by atoms with E-state index in [1.54, 1.807) is 20.1 Å². The van der Waals surface area contributed by atoms with Crippen molar-refractivity contribution in [3.05, 3.63) is 18.2 Å². The molecule has 0 aliphatic carbocycles. The van der Waals surface area contributed by atoms with Crippen LogP contribution in [0.3, 0.4) is 0 Å². The third kappa shape index (κ3) is 21.3. The average molecular weight is 945 g/mol. The van der Waals surface area contributed by atoms with Gasteiger partial charge >= 0.3 is 23.9 Å². The predicted octanol–water partition coefficient (Wildman–Crippen LogP) is -3.84. The highest BCUT2D eigenvalue weighted by atomic mass is 32.2. The number of carboxylic acid groups (broad SMARTS) is 4. The number of thioether (sulfide) groups is 1. The van der Waals surface area contributed by atoms with Crippen molar-refractivity contribution in [1.82, 2.24) is 47.2 Å². The lowest BCUT2D eigenvalue weighted by atomic mass is 10.0. The lowest BCUT2D eigenvalue weighted by molar-refractivity contribution is -0.142. The molecule has 27 heteroatoms. The zero-order chi connectivity index (χ0) is 49.6. The number of aromatic nitrogens is 2. The number of amides is 7. The lowest BCUT2D eigenvalue weighted by Crippen LogP contribution is -2.61. The van der Waals surface area contributed by atoms with Gasteiger partial charge in [-0.2, -0.15) is 11.8 Å². The van der Waals surface area contributed by atoms with Crippen LogP contribution in [-0.4, -0.2) is 167 Å². The number of hydrogen-bond acceptors (Lipinski definition) is 15. The molecule has 1 aromatic rings. The summed E-state index contributed by atoms with van der Waals surface area (Å²) in [4.78, 5) is 147. The molecule has 15 N–H and O–H groups in total. The molecule has 0 spiro atoms. The van der Waals surface area contributed by atoms with Gasteiger partial charge in [0.05, 0.1) is 12.4 Å². The fourth-order valence-corrected chi connectivity index (χ4v) is 6.16. The normalized spacial score (nSPS) is 15.2. The first kappa shape index (κ1) is 56.7. The number of aliphatic hydroxyl groups excluding tert-OH is 1.